The summed E-state index contributed by atoms with van der Waals surface area (Å²) in [5.74, 6) is 0.311. The molecule has 0 bridgehead atoms. The quantitative estimate of drug-likeness (QED) is 0.418. The van der Waals surface area contributed by atoms with Gasteiger partial charge in [0.2, 0.25) is 11.8 Å². The summed E-state index contributed by atoms with van der Waals surface area (Å²) in [6, 6.07) is 26.5. The third-order valence-corrected chi connectivity index (χ3v) is 8.42. The van der Waals surface area contributed by atoms with Crippen molar-refractivity contribution in [3.63, 3.8) is 0 Å². The van der Waals surface area contributed by atoms with E-state index in [1.54, 1.807) is 6.92 Å². The summed E-state index contributed by atoms with van der Waals surface area (Å²) in [6.45, 7) is 9.50. The van der Waals surface area contributed by atoms with E-state index in [0.717, 1.165) is 75.1 Å². The smallest absolute Gasteiger partial charge is 0.240 e. The molecule has 2 heterocycles. The van der Waals surface area contributed by atoms with Gasteiger partial charge in [-0.3, -0.25) is 14.5 Å². The highest BCUT2D eigenvalue weighted by molar-refractivity contribution is 6.30. The first-order valence-corrected chi connectivity index (χ1v) is 14.9. The van der Waals surface area contributed by atoms with Crippen molar-refractivity contribution in [2.75, 3.05) is 57.3 Å². The van der Waals surface area contributed by atoms with Gasteiger partial charge in [-0.2, -0.15) is 0 Å². The molecular weight excluding hydrogens is 534 g/mol. The molecule has 5 rings (SSSR count). The summed E-state index contributed by atoms with van der Waals surface area (Å²) in [7, 11) is 0. The van der Waals surface area contributed by atoms with Crippen LogP contribution in [0, 0.1) is 0 Å². The van der Waals surface area contributed by atoms with Gasteiger partial charge >= 0.3 is 0 Å². The number of carbonyl (C=O) groups excluding carboxylic acids is 2. The molecular formula is C33H40ClN5O2. The largest absolute Gasteiger partial charge is 0.368 e. The molecule has 1 unspecified atom stereocenters. The van der Waals surface area contributed by atoms with Crippen molar-refractivity contribution < 1.29 is 9.59 Å². The third kappa shape index (κ3) is 8.09. The van der Waals surface area contributed by atoms with Crippen LogP contribution < -0.4 is 10.2 Å². The molecule has 2 fully saturated rings. The molecule has 3 aromatic rings. The van der Waals surface area contributed by atoms with Crippen LogP contribution in [-0.4, -0.2) is 84.9 Å². The summed E-state index contributed by atoms with van der Waals surface area (Å²) in [6.07, 6.45) is 0.656. The molecule has 0 radical (unpaired) electrons. The predicted molar refractivity (Wildman–Crippen MR) is 165 cm³/mol. The van der Waals surface area contributed by atoms with Crippen LogP contribution in [-0.2, 0) is 29.1 Å². The lowest BCUT2D eigenvalue weighted by atomic mass is 10.0. The van der Waals surface area contributed by atoms with E-state index in [2.05, 4.69) is 63.6 Å². The van der Waals surface area contributed by atoms with E-state index in [0.29, 0.717) is 13.0 Å². The van der Waals surface area contributed by atoms with E-state index in [1.807, 2.05) is 40.1 Å². The van der Waals surface area contributed by atoms with Crippen molar-refractivity contribution in [1.29, 1.82) is 0 Å². The van der Waals surface area contributed by atoms with Crippen LogP contribution in [0.3, 0.4) is 0 Å². The van der Waals surface area contributed by atoms with Gasteiger partial charge in [0.05, 0.1) is 6.04 Å². The maximum atomic E-state index is 13.8. The summed E-state index contributed by atoms with van der Waals surface area (Å²) in [5.41, 5.74) is 4.71. The normalized spacial score (nSPS) is 17.0. The second-order valence-electron chi connectivity index (χ2n) is 11.0. The van der Waals surface area contributed by atoms with Gasteiger partial charge in [-0.05, 0) is 47.4 Å². The van der Waals surface area contributed by atoms with E-state index in [4.69, 9.17) is 11.6 Å². The number of rotatable bonds is 9. The maximum Gasteiger partial charge on any atom is 0.240 e. The molecule has 7 nitrogen and oxygen atoms in total. The first-order chi connectivity index (χ1) is 19.9. The van der Waals surface area contributed by atoms with Gasteiger partial charge in [-0.25, -0.2) is 0 Å². The number of benzene rings is 3. The molecule has 2 amide bonds. The first-order valence-electron chi connectivity index (χ1n) is 14.6. The number of carbonyl (C=O) groups is 2. The number of anilines is 1. The molecule has 0 aliphatic carbocycles. The number of nitrogens with zero attached hydrogens (tertiary/aromatic N) is 4. The highest BCUT2D eigenvalue weighted by atomic mass is 35.5. The summed E-state index contributed by atoms with van der Waals surface area (Å²) < 4.78 is 0. The maximum absolute atomic E-state index is 13.8. The standard InChI is InChI=1S/C33H40ClN5O2/c1-26(40)37-19-21-38(22-20-37)31-13-9-28(10-14-31)24-35-32(23-27-5-3-2-4-6-27)33(41)39-17-15-36(16-18-39)25-29-7-11-30(34)12-8-29/h2-14,32,35H,15-25H2,1H3. The SMILES string of the molecule is CC(=O)N1CCN(c2ccc(CNC(Cc3ccccc3)C(=O)N3CCN(Cc4ccc(Cl)cc4)CC3)cc2)CC1. The minimum Gasteiger partial charge on any atom is -0.368 e. The Kier molecular flexibility index (Phi) is 9.93. The van der Waals surface area contributed by atoms with Gasteiger partial charge in [0.25, 0.3) is 0 Å². The zero-order valence-corrected chi connectivity index (χ0v) is 24.6. The van der Waals surface area contributed by atoms with E-state index >= 15 is 0 Å². The number of hydrogen-bond donors (Lipinski definition) is 1. The van der Waals surface area contributed by atoms with Crippen molar-refractivity contribution in [1.82, 2.24) is 20.0 Å². The van der Waals surface area contributed by atoms with Crippen LogP contribution in [0.15, 0.2) is 78.9 Å². The molecule has 2 saturated heterocycles. The fourth-order valence-electron chi connectivity index (χ4n) is 5.64. The highest BCUT2D eigenvalue weighted by Gasteiger charge is 2.27. The van der Waals surface area contributed by atoms with Gasteiger partial charge in [0.15, 0.2) is 0 Å². The molecule has 2 aliphatic heterocycles. The highest BCUT2D eigenvalue weighted by Crippen LogP contribution is 2.19. The first kappa shape index (κ1) is 29.1. The van der Waals surface area contributed by atoms with Gasteiger partial charge in [0, 0.05) is 83.1 Å². The lowest BCUT2D eigenvalue weighted by molar-refractivity contribution is -0.135. The van der Waals surface area contributed by atoms with E-state index in [1.165, 1.54) is 11.3 Å². The van der Waals surface area contributed by atoms with Gasteiger partial charge < -0.3 is 20.0 Å². The van der Waals surface area contributed by atoms with E-state index in [-0.39, 0.29) is 17.9 Å². The van der Waals surface area contributed by atoms with E-state index < -0.39 is 0 Å². The summed E-state index contributed by atoms with van der Waals surface area (Å²) in [4.78, 5) is 34.0. The fraction of sp³-hybridized carbons (Fsp3) is 0.394. The van der Waals surface area contributed by atoms with Crippen LogP contribution in [0.5, 0.6) is 0 Å². The molecule has 1 atom stereocenters. The molecule has 3 aromatic carbocycles. The minimum absolute atomic E-state index is 0.144. The van der Waals surface area contributed by atoms with Gasteiger partial charge in [-0.1, -0.05) is 66.2 Å². The van der Waals surface area contributed by atoms with Gasteiger partial charge in [-0.15, -0.1) is 0 Å². The molecule has 1 N–H and O–H groups in total. The fourth-order valence-corrected chi connectivity index (χ4v) is 5.76. The average Bonchev–Trinajstić information content (AvgIpc) is 3.01. The van der Waals surface area contributed by atoms with Crippen molar-refractivity contribution in [2.24, 2.45) is 0 Å². The van der Waals surface area contributed by atoms with Crippen molar-refractivity contribution in [3.05, 3.63) is 101 Å². The Balaban J connectivity index is 1.17. The van der Waals surface area contributed by atoms with Crippen molar-refractivity contribution in [2.45, 2.75) is 32.5 Å². The number of amides is 2. The zero-order chi connectivity index (χ0) is 28.6. The second-order valence-corrected chi connectivity index (χ2v) is 11.4. The lowest BCUT2D eigenvalue weighted by Gasteiger charge is -2.36. The Hall–Kier alpha value is -3.39. The van der Waals surface area contributed by atoms with Crippen molar-refractivity contribution in [3.8, 4) is 0 Å². The Labute approximate surface area is 248 Å². The second kappa shape index (κ2) is 14.0. The third-order valence-electron chi connectivity index (χ3n) is 8.16. The molecule has 2 aliphatic rings. The zero-order valence-electron chi connectivity index (χ0n) is 23.8. The van der Waals surface area contributed by atoms with Crippen LogP contribution in [0.1, 0.15) is 23.6 Å². The molecule has 0 aromatic heterocycles. The Morgan fingerprint density at radius 1 is 0.732 bits per heavy atom. The Bertz CT molecular complexity index is 1270. The average molecular weight is 574 g/mol. The molecule has 216 valence electrons. The Morgan fingerprint density at radius 2 is 1.34 bits per heavy atom. The summed E-state index contributed by atoms with van der Waals surface area (Å²) in [5, 5.41) is 4.33. The minimum atomic E-state index is -0.292. The lowest BCUT2D eigenvalue weighted by Crippen LogP contribution is -2.54. The molecule has 0 spiro atoms. The van der Waals surface area contributed by atoms with Crippen LogP contribution >= 0.6 is 11.6 Å². The number of nitrogens with one attached hydrogen (secondary N) is 1. The number of halogens is 1. The van der Waals surface area contributed by atoms with E-state index in [9.17, 15) is 9.59 Å². The van der Waals surface area contributed by atoms with Crippen LogP contribution in [0.4, 0.5) is 5.69 Å². The molecule has 8 heteroatoms. The molecule has 0 saturated carbocycles. The Morgan fingerprint density at radius 3 is 1.98 bits per heavy atom. The van der Waals surface area contributed by atoms with Crippen molar-refractivity contribution >= 4 is 29.1 Å². The van der Waals surface area contributed by atoms with Crippen LogP contribution in [0.2, 0.25) is 5.02 Å². The predicted octanol–water partition coefficient (Wildman–Crippen LogP) is 4.05. The van der Waals surface area contributed by atoms with Gasteiger partial charge in [0.1, 0.15) is 0 Å². The number of piperazine rings is 2. The number of hydrogen-bond acceptors (Lipinski definition) is 5. The summed E-state index contributed by atoms with van der Waals surface area (Å²) >= 11 is 6.04. The monoisotopic (exact) mass is 573 g/mol. The topological polar surface area (TPSA) is 59.1 Å². The molecule has 41 heavy (non-hydrogen) atoms. The van der Waals surface area contributed by atoms with Crippen LogP contribution in [0.25, 0.3) is 0 Å².